The summed E-state index contributed by atoms with van der Waals surface area (Å²) in [5.74, 6) is 0.544. The summed E-state index contributed by atoms with van der Waals surface area (Å²) in [6.45, 7) is 4.25. The van der Waals surface area contributed by atoms with Gasteiger partial charge in [-0.15, -0.1) is 11.3 Å². The Labute approximate surface area is 166 Å². The summed E-state index contributed by atoms with van der Waals surface area (Å²) in [5.41, 5.74) is 3.39. The van der Waals surface area contributed by atoms with E-state index in [0.29, 0.717) is 22.4 Å². The normalized spacial score (nSPS) is 12.1. The van der Waals surface area contributed by atoms with Crippen LogP contribution >= 0.6 is 11.3 Å². The molecule has 0 fully saturated rings. The summed E-state index contributed by atoms with van der Waals surface area (Å²) in [6.07, 6.45) is 1.65. The summed E-state index contributed by atoms with van der Waals surface area (Å²) >= 11 is 1.51. The molecule has 140 valence electrons. The van der Waals surface area contributed by atoms with Gasteiger partial charge in [0.05, 0.1) is 5.69 Å². The number of carbonyl (C=O) groups excluding carboxylic acids is 1. The highest BCUT2D eigenvalue weighted by atomic mass is 32.2. The van der Waals surface area contributed by atoms with Crippen molar-refractivity contribution in [3.63, 3.8) is 0 Å². The molecule has 0 aliphatic heterocycles. The fourth-order valence-corrected chi connectivity index (χ4v) is 4.42. The van der Waals surface area contributed by atoms with Gasteiger partial charge < -0.3 is 0 Å². The van der Waals surface area contributed by atoms with Crippen molar-refractivity contribution in [3.05, 3.63) is 70.6 Å². The molecule has 1 aromatic heterocycles. The van der Waals surface area contributed by atoms with Crippen molar-refractivity contribution >= 4 is 33.2 Å². The Morgan fingerprint density at radius 1 is 1.15 bits per heavy atom. The fraction of sp³-hybridized carbons (Fsp3) is 0.238. The quantitative estimate of drug-likeness (QED) is 0.631. The molecule has 0 spiro atoms. The van der Waals surface area contributed by atoms with Gasteiger partial charge in [-0.1, -0.05) is 56.3 Å². The van der Waals surface area contributed by atoms with Gasteiger partial charge in [0.1, 0.15) is 0 Å². The average molecular weight is 399 g/mol. The minimum atomic E-state index is -0.944. The number of rotatable bonds is 6. The van der Waals surface area contributed by atoms with Crippen molar-refractivity contribution in [1.29, 1.82) is 0 Å². The first-order valence-electron chi connectivity index (χ1n) is 8.70. The minimum absolute atomic E-state index is 0.206. The van der Waals surface area contributed by atoms with Gasteiger partial charge in [0.15, 0.2) is 5.13 Å². The van der Waals surface area contributed by atoms with E-state index in [0.717, 1.165) is 21.7 Å². The molecule has 1 atom stereocenters. The van der Waals surface area contributed by atoms with Gasteiger partial charge >= 0.3 is 0 Å². The smallest absolute Gasteiger partial charge is 0.257 e. The number of carbonyl (C=O) groups is 1. The van der Waals surface area contributed by atoms with Crippen molar-refractivity contribution in [2.24, 2.45) is 0 Å². The number of anilines is 1. The Balaban J connectivity index is 1.85. The van der Waals surface area contributed by atoms with E-state index in [4.69, 9.17) is 0 Å². The Kier molecular flexibility index (Phi) is 6.19. The van der Waals surface area contributed by atoms with Crippen LogP contribution in [0.4, 0.5) is 5.13 Å². The molecule has 3 rings (SSSR count). The maximum atomic E-state index is 12.7. The van der Waals surface area contributed by atoms with Crippen LogP contribution in [0, 0.1) is 0 Å². The molecule has 0 aliphatic rings. The van der Waals surface area contributed by atoms with E-state index in [2.05, 4.69) is 24.1 Å². The van der Waals surface area contributed by atoms with Gasteiger partial charge in [-0.25, -0.2) is 4.98 Å². The summed E-state index contributed by atoms with van der Waals surface area (Å²) in [6, 6.07) is 17.2. The van der Waals surface area contributed by atoms with Gasteiger partial charge in [0, 0.05) is 38.8 Å². The molecule has 0 saturated carbocycles. The second kappa shape index (κ2) is 8.59. The zero-order valence-corrected chi connectivity index (χ0v) is 17.2. The molecule has 3 aromatic rings. The lowest BCUT2D eigenvalue weighted by Gasteiger charge is -2.04. The fourth-order valence-electron chi connectivity index (χ4n) is 2.79. The highest BCUT2D eigenvalue weighted by Gasteiger charge is 2.17. The Bertz CT molecular complexity index is 965. The third-order valence-electron chi connectivity index (χ3n) is 4.00. The first-order valence-corrected chi connectivity index (χ1v) is 11.2. The van der Waals surface area contributed by atoms with Crippen LogP contribution in [0.25, 0.3) is 11.3 Å². The largest absolute Gasteiger partial charge is 0.298 e. The predicted octanol–water partition coefficient (Wildman–Crippen LogP) is 5.06. The molecule has 27 heavy (non-hydrogen) atoms. The van der Waals surface area contributed by atoms with Gasteiger partial charge in [-0.05, 0) is 23.6 Å². The van der Waals surface area contributed by atoms with Crippen molar-refractivity contribution in [2.75, 3.05) is 11.6 Å². The summed E-state index contributed by atoms with van der Waals surface area (Å²) in [4.78, 5) is 18.5. The second-order valence-electron chi connectivity index (χ2n) is 6.62. The van der Waals surface area contributed by atoms with Gasteiger partial charge in [0.25, 0.3) is 5.91 Å². The first-order chi connectivity index (χ1) is 12.9. The highest BCUT2D eigenvalue weighted by Crippen LogP contribution is 2.36. The maximum Gasteiger partial charge on any atom is 0.257 e. The molecule has 0 aliphatic carbocycles. The number of amides is 1. The molecule has 6 heteroatoms. The van der Waals surface area contributed by atoms with Crippen LogP contribution in [0.5, 0.6) is 0 Å². The molecular weight excluding hydrogens is 376 g/mol. The molecule has 0 bridgehead atoms. The van der Waals surface area contributed by atoms with E-state index in [1.54, 1.807) is 18.4 Å². The van der Waals surface area contributed by atoms with Gasteiger partial charge in [-0.3, -0.25) is 14.3 Å². The standard InChI is InChI=1S/C21H22N2O2S2/c1-14(2)19-18(16-9-5-4-6-10-16)22-21(26-19)23-20(24)17-11-7-8-15(12-17)13-27(3)25/h4-12,14H,13H2,1-3H3,(H,22,23,24)/t27-/m1/s1. The molecule has 4 nitrogen and oxygen atoms in total. The van der Waals surface area contributed by atoms with Crippen molar-refractivity contribution in [1.82, 2.24) is 4.98 Å². The molecule has 1 heterocycles. The summed E-state index contributed by atoms with van der Waals surface area (Å²) < 4.78 is 11.4. The average Bonchev–Trinajstić information content (AvgIpc) is 3.06. The minimum Gasteiger partial charge on any atom is -0.298 e. The lowest BCUT2D eigenvalue weighted by atomic mass is 10.1. The van der Waals surface area contributed by atoms with E-state index in [1.807, 2.05) is 42.5 Å². The van der Waals surface area contributed by atoms with Crippen LogP contribution < -0.4 is 5.32 Å². The van der Waals surface area contributed by atoms with Crippen LogP contribution in [-0.2, 0) is 16.6 Å². The van der Waals surface area contributed by atoms with Crippen LogP contribution in [-0.4, -0.2) is 21.4 Å². The topological polar surface area (TPSA) is 59.1 Å². The first kappa shape index (κ1) is 19.5. The summed E-state index contributed by atoms with van der Waals surface area (Å²) in [5, 5.41) is 3.51. The van der Waals surface area contributed by atoms with E-state index in [1.165, 1.54) is 11.3 Å². The number of benzene rings is 2. The van der Waals surface area contributed by atoms with Crippen LogP contribution in [0.15, 0.2) is 54.6 Å². The molecular formula is C21H22N2O2S2. The zero-order chi connectivity index (χ0) is 19.4. The molecule has 2 aromatic carbocycles. The van der Waals surface area contributed by atoms with Gasteiger partial charge in [0.2, 0.25) is 0 Å². The Morgan fingerprint density at radius 2 is 1.89 bits per heavy atom. The number of nitrogens with zero attached hydrogens (tertiary/aromatic N) is 1. The third kappa shape index (κ3) is 4.90. The van der Waals surface area contributed by atoms with E-state index >= 15 is 0 Å². The molecule has 0 radical (unpaired) electrons. The van der Waals surface area contributed by atoms with E-state index < -0.39 is 10.8 Å². The van der Waals surface area contributed by atoms with Crippen LogP contribution in [0.2, 0.25) is 0 Å². The third-order valence-corrected chi connectivity index (χ3v) is 6.02. The molecule has 0 saturated heterocycles. The Morgan fingerprint density at radius 3 is 2.56 bits per heavy atom. The van der Waals surface area contributed by atoms with Crippen molar-refractivity contribution in [2.45, 2.75) is 25.5 Å². The Hall–Kier alpha value is -2.31. The monoisotopic (exact) mass is 398 g/mol. The number of hydrogen-bond acceptors (Lipinski definition) is 4. The highest BCUT2D eigenvalue weighted by molar-refractivity contribution is 7.83. The SMILES string of the molecule is CC(C)c1sc(NC(=O)c2cccc(C[S@@](C)=O)c2)nc1-c1ccccc1. The number of aromatic nitrogens is 1. The van der Waals surface area contributed by atoms with E-state index in [9.17, 15) is 9.00 Å². The number of hydrogen-bond donors (Lipinski definition) is 1. The zero-order valence-electron chi connectivity index (χ0n) is 15.6. The lowest BCUT2D eigenvalue weighted by Crippen LogP contribution is -2.12. The maximum absolute atomic E-state index is 12.7. The molecule has 1 amide bonds. The van der Waals surface area contributed by atoms with Crippen molar-refractivity contribution < 1.29 is 9.00 Å². The predicted molar refractivity (Wildman–Crippen MR) is 114 cm³/mol. The lowest BCUT2D eigenvalue weighted by molar-refractivity contribution is 0.102. The summed E-state index contributed by atoms with van der Waals surface area (Å²) in [7, 11) is -0.944. The molecule has 1 N–H and O–H groups in total. The van der Waals surface area contributed by atoms with Crippen LogP contribution in [0.3, 0.4) is 0 Å². The molecule has 0 unspecified atom stereocenters. The van der Waals surface area contributed by atoms with Gasteiger partial charge in [-0.2, -0.15) is 0 Å². The van der Waals surface area contributed by atoms with Crippen molar-refractivity contribution in [3.8, 4) is 11.3 Å². The van der Waals surface area contributed by atoms with Crippen LogP contribution in [0.1, 0.15) is 40.6 Å². The second-order valence-corrected chi connectivity index (χ2v) is 9.09. The van der Waals surface area contributed by atoms with E-state index in [-0.39, 0.29) is 5.91 Å². The number of nitrogens with one attached hydrogen (secondary N) is 1. The number of thiazole rings is 1.